The minimum atomic E-state index is -1.01. The molecule has 0 fully saturated rings. The maximum atomic E-state index is 11.7. The van der Waals surface area contributed by atoms with Crippen LogP contribution in [0.2, 0.25) is 0 Å². The van der Waals surface area contributed by atoms with Crippen LogP contribution in [0.5, 0.6) is 5.88 Å². The van der Waals surface area contributed by atoms with Crippen LogP contribution in [0.3, 0.4) is 0 Å². The number of fused-ring (bicyclic) bond motifs is 1. The van der Waals surface area contributed by atoms with Crippen molar-refractivity contribution in [2.75, 3.05) is 13.2 Å². The number of nitrogens with two attached hydrogens (primary N) is 1. The summed E-state index contributed by atoms with van der Waals surface area (Å²) in [5.74, 6) is -0.127. The van der Waals surface area contributed by atoms with Crippen LogP contribution in [0.4, 0.5) is 0 Å². The minimum Gasteiger partial charge on any atom is -0.465 e. The standard InChI is InChI=1S/C21H25N3O4/c1-3-27-19(26)13-28-21-20-16(11-18(22)25)14(2)24(17(20)9-10-23-21)12-15-7-5-4-6-8-15/h4-10,18,25H,3,11-13,22H2,1-2H3. The number of benzene rings is 1. The van der Waals surface area contributed by atoms with E-state index < -0.39 is 12.2 Å². The number of carbonyl (C=O) groups excluding carboxylic acids is 1. The Balaban J connectivity index is 2.05. The lowest BCUT2D eigenvalue weighted by atomic mass is 10.1. The summed E-state index contributed by atoms with van der Waals surface area (Å²) in [7, 11) is 0. The summed E-state index contributed by atoms with van der Waals surface area (Å²) >= 11 is 0. The Morgan fingerprint density at radius 2 is 2.04 bits per heavy atom. The fraction of sp³-hybridized carbons (Fsp3) is 0.333. The van der Waals surface area contributed by atoms with Gasteiger partial charge in [0.25, 0.3) is 0 Å². The quantitative estimate of drug-likeness (QED) is 0.457. The largest absolute Gasteiger partial charge is 0.465 e. The van der Waals surface area contributed by atoms with E-state index in [9.17, 15) is 9.90 Å². The molecule has 3 N–H and O–H groups in total. The van der Waals surface area contributed by atoms with Crippen LogP contribution in [0.1, 0.15) is 23.7 Å². The molecule has 2 heterocycles. The molecule has 0 spiro atoms. The Bertz CT molecular complexity index is 951. The summed E-state index contributed by atoms with van der Waals surface area (Å²) in [4.78, 5) is 16.0. The van der Waals surface area contributed by atoms with E-state index in [1.165, 1.54) is 0 Å². The third-order valence-electron chi connectivity index (χ3n) is 4.56. The number of pyridine rings is 1. The topological polar surface area (TPSA) is 99.6 Å². The van der Waals surface area contributed by atoms with Crippen LogP contribution in [-0.4, -0.2) is 40.1 Å². The van der Waals surface area contributed by atoms with E-state index in [-0.39, 0.29) is 19.6 Å². The number of carbonyl (C=O) groups is 1. The average Bonchev–Trinajstić information content (AvgIpc) is 2.93. The number of aromatic nitrogens is 2. The summed E-state index contributed by atoms with van der Waals surface area (Å²) in [5, 5.41) is 10.6. The lowest BCUT2D eigenvalue weighted by Crippen LogP contribution is -2.22. The molecule has 0 aliphatic heterocycles. The Morgan fingerprint density at radius 1 is 1.29 bits per heavy atom. The van der Waals surface area contributed by atoms with Crippen LogP contribution in [0, 0.1) is 6.92 Å². The summed E-state index contributed by atoms with van der Waals surface area (Å²) < 4.78 is 12.7. The first kappa shape index (κ1) is 19.9. The molecule has 0 saturated carbocycles. The van der Waals surface area contributed by atoms with Gasteiger partial charge in [-0.2, -0.15) is 0 Å². The second-order valence-electron chi connectivity index (χ2n) is 6.51. The number of hydrogen-bond acceptors (Lipinski definition) is 6. The molecule has 148 valence electrons. The molecular weight excluding hydrogens is 358 g/mol. The molecule has 1 aromatic carbocycles. The molecule has 7 nitrogen and oxygen atoms in total. The van der Waals surface area contributed by atoms with E-state index in [1.54, 1.807) is 13.1 Å². The molecule has 28 heavy (non-hydrogen) atoms. The Kier molecular flexibility index (Phi) is 6.28. The molecule has 0 bridgehead atoms. The molecule has 3 rings (SSSR count). The monoisotopic (exact) mass is 383 g/mol. The van der Waals surface area contributed by atoms with Crippen molar-refractivity contribution in [2.24, 2.45) is 5.73 Å². The van der Waals surface area contributed by atoms with E-state index in [4.69, 9.17) is 15.2 Å². The smallest absolute Gasteiger partial charge is 0.344 e. The van der Waals surface area contributed by atoms with Gasteiger partial charge < -0.3 is 24.9 Å². The lowest BCUT2D eigenvalue weighted by Gasteiger charge is -2.09. The molecule has 1 unspecified atom stereocenters. The highest BCUT2D eigenvalue weighted by molar-refractivity contribution is 5.90. The Hall–Kier alpha value is -2.90. The second-order valence-corrected chi connectivity index (χ2v) is 6.51. The molecule has 2 aromatic heterocycles. The van der Waals surface area contributed by atoms with Gasteiger partial charge in [-0.15, -0.1) is 0 Å². The maximum Gasteiger partial charge on any atom is 0.344 e. The van der Waals surface area contributed by atoms with Crippen LogP contribution in [0.15, 0.2) is 42.6 Å². The number of hydrogen-bond donors (Lipinski definition) is 2. The predicted octanol–water partition coefficient (Wildman–Crippen LogP) is 2.15. The first-order chi connectivity index (χ1) is 13.5. The molecule has 0 amide bonds. The van der Waals surface area contributed by atoms with Crippen molar-refractivity contribution in [2.45, 2.75) is 33.0 Å². The zero-order chi connectivity index (χ0) is 20.1. The van der Waals surface area contributed by atoms with Crippen molar-refractivity contribution in [1.82, 2.24) is 9.55 Å². The van der Waals surface area contributed by atoms with Crippen LogP contribution in [-0.2, 0) is 22.5 Å². The predicted molar refractivity (Wildman–Crippen MR) is 106 cm³/mol. The molecule has 3 aromatic rings. The third-order valence-corrected chi connectivity index (χ3v) is 4.56. The summed E-state index contributed by atoms with van der Waals surface area (Å²) in [6.07, 6.45) is 0.894. The molecule has 1 atom stereocenters. The first-order valence-electron chi connectivity index (χ1n) is 9.24. The van der Waals surface area contributed by atoms with E-state index in [0.29, 0.717) is 12.4 Å². The highest BCUT2D eigenvalue weighted by Crippen LogP contribution is 2.33. The van der Waals surface area contributed by atoms with Gasteiger partial charge in [0.2, 0.25) is 5.88 Å². The van der Waals surface area contributed by atoms with Crippen molar-refractivity contribution >= 4 is 16.9 Å². The molecule has 0 saturated heterocycles. The second kappa shape index (κ2) is 8.86. The van der Waals surface area contributed by atoms with Gasteiger partial charge in [0.05, 0.1) is 17.5 Å². The molecule has 7 heteroatoms. The molecular formula is C21H25N3O4. The fourth-order valence-corrected chi connectivity index (χ4v) is 3.33. The van der Waals surface area contributed by atoms with Crippen molar-refractivity contribution in [3.63, 3.8) is 0 Å². The van der Waals surface area contributed by atoms with Crippen LogP contribution >= 0.6 is 0 Å². The van der Waals surface area contributed by atoms with Gasteiger partial charge in [0.1, 0.15) is 6.23 Å². The van der Waals surface area contributed by atoms with Gasteiger partial charge >= 0.3 is 5.97 Å². The van der Waals surface area contributed by atoms with Crippen LogP contribution < -0.4 is 10.5 Å². The number of aliphatic hydroxyl groups excluding tert-OH is 1. The van der Waals surface area contributed by atoms with Gasteiger partial charge in [-0.05, 0) is 31.0 Å². The number of rotatable bonds is 8. The van der Waals surface area contributed by atoms with Gasteiger partial charge in [-0.3, -0.25) is 0 Å². The van der Waals surface area contributed by atoms with Crippen molar-refractivity contribution < 1.29 is 19.4 Å². The average molecular weight is 383 g/mol. The van der Waals surface area contributed by atoms with Crippen molar-refractivity contribution in [1.29, 1.82) is 0 Å². The lowest BCUT2D eigenvalue weighted by molar-refractivity contribution is -0.145. The number of aliphatic hydroxyl groups is 1. The Labute approximate surface area is 163 Å². The van der Waals surface area contributed by atoms with Gasteiger partial charge in [-0.25, -0.2) is 9.78 Å². The third kappa shape index (κ3) is 4.32. The summed E-state index contributed by atoms with van der Waals surface area (Å²) in [6.45, 7) is 4.44. The Morgan fingerprint density at radius 3 is 2.71 bits per heavy atom. The minimum absolute atomic E-state index is 0.229. The summed E-state index contributed by atoms with van der Waals surface area (Å²) in [6, 6.07) is 12.0. The van der Waals surface area contributed by atoms with E-state index in [2.05, 4.69) is 21.7 Å². The SMILES string of the molecule is CCOC(=O)COc1nccc2c1c(CC(N)O)c(C)n2Cc1ccccc1. The molecule has 0 aliphatic carbocycles. The number of ether oxygens (including phenoxy) is 2. The van der Waals surface area contributed by atoms with E-state index >= 15 is 0 Å². The fourth-order valence-electron chi connectivity index (χ4n) is 3.33. The number of nitrogens with zero attached hydrogens (tertiary/aromatic N) is 2. The zero-order valence-corrected chi connectivity index (χ0v) is 16.1. The highest BCUT2D eigenvalue weighted by Gasteiger charge is 2.21. The van der Waals surface area contributed by atoms with Gasteiger partial charge in [0.15, 0.2) is 6.61 Å². The molecule has 0 radical (unpaired) electrons. The highest BCUT2D eigenvalue weighted by atomic mass is 16.6. The maximum absolute atomic E-state index is 11.7. The van der Waals surface area contributed by atoms with Gasteiger partial charge in [0, 0.05) is 24.9 Å². The zero-order valence-electron chi connectivity index (χ0n) is 16.1. The normalized spacial score (nSPS) is 12.1. The number of esters is 1. The first-order valence-corrected chi connectivity index (χ1v) is 9.24. The summed E-state index contributed by atoms with van der Waals surface area (Å²) in [5.41, 5.74) is 9.55. The van der Waals surface area contributed by atoms with E-state index in [0.717, 1.165) is 27.7 Å². The van der Waals surface area contributed by atoms with Crippen molar-refractivity contribution in [3.05, 3.63) is 59.4 Å². The van der Waals surface area contributed by atoms with Gasteiger partial charge in [-0.1, -0.05) is 30.3 Å². The van der Waals surface area contributed by atoms with Crippen molar-refractivity contribution in [3.8, 4) is 5.88 Å². The molecule has 0 aliphatic rings. The van der Waals surface area contributed by atoms with E-state index in [1.807, 2.05) is 31.2 Å². The van der Waals surface area contributed by atoms with Crippen LogP contribution in [0.25, 0.3) is 10.9 Å².